The highest BCUT2D eigenvalue weighted by molar-refractivity contribution is 7.86. The van der Waals surface area contributed by atoms with Crippen molar-refractivity contribution in [3.8, 4) is 0 Å². The number of hydrogen-bond donors (Lipinski definition) is 0. The van der Waals surface area contributed by atoms with Crippen LogP contribution >= 0.6 is 0 Å². The molecule has 1 aliphatic rings. The molecule has 0 aliphatic carbocycles. The van der Waals surface area contributed by atoms with E-state index in [-0.39, 0.29) is 4.90 Å². The van der Waals surface area contributed by atoms with Crippen LogP contribution in [0.5, 0.6) is 0 Å². The molecule has 0 saturated carbocycles. The van der Waals surface area contributed by atoms with Crippen LogP contribution in [0, 0.1) is 0 Å². The molecule has 1 aromatic rings. The Hall–Kier alpha value is -1.43. The highest BCUT2D eigenvalue weighted by Gasteiger charge is 2.21. The van der Waals surface area contributed by atoms with Crippen LogP contribution in [-0.2, 0) is 21.4 Å². The first kappa shape index (κ1) is 10.1. The number of amides is 1. The number of rotatable bonds is 2. The fourth-order valence-electron chi connectivity index (χ4n) is 1.66. The van der Waals surface area contributed by atoms with Crippen molar-refractivity contribution in [3.05, 3.63) is 23.8 Å². The van der Waals surface area contributed by atoms with Gasteiger partial charge in [-0.3, -0.25) is 4.79 Å². The normalized spacial score (nSPS) is 15.1. The number of benzene rings is 1. The number of nitrogens with zero attached hydrogens (tertiary/aromatic N) is 1. The Morgan fingerprint density at radius 2 is 2.13 bits per heavy atom. The summed E-state index contributed by atoms with van der Waals surface area (Å²) in [5.74, 6) is 0. The zero-order valence-corrected chi connectivity index (χ0v) is 8.50. The van der Waals surface area contributed by atoms with Gasteiger partial charge in [-0.1, -0.05) is 0 Å². The number of hydrogen-bond acceptors (Lipinski definition) is 3. The molecule has 0 fully saturated rings. The molecule has 1 aliphatic heterocycles. The molecule has 0 saturated heterocycles. The van der Waals surface area contributed by atoms with Gasteiger partial charge >= 0.3 is 10.2 Å². The molecule has 6 heteroatoms. The Morgan fingerprint density at radius 3 is 2.73 bits per heavy atom. The van der Waals surface area contributed by atoms with E-state index in [0.29, 0.717) is 30.6 Å². The third kappa shape index (κ3) is 1.72. The van der Waals surface area contributed by atoms with Crippen LogP contribution < -0.4 is 4.90 Å². The van der Waals surface area contributed by atoms with Gasteiger partial charge in [-0.05, 0) is 30.2 Å². The van der Waals surface area contributed by atoms with Crippen LogP contribution in [0.1, 0.15) is 5.56 Å². The van der Waals surface area contributed by atoms with E-state index in [1.807, 2.05) is 0 Å². The van der Waals surface area contributed by atoms with Gasteiger partial charge in [0.05, 0.1) is 4.90 Å². The Bertz CT molecular complexity index is 512. The number of halogens is 1. The van der Waals surface area contributed by atoms with E-state index in [0.717, 1.165) is 6.07 Å². The minimum absolute atomic E-state index is 0.353. The fraction of sp³-hybridized carbons (Fsp3) is 0.222. The largest absolute Gasteiger partial charge is 0.332 e. The lowest BCUT2D eigenvalue weighted by atomic mass is 10.2. The minimum Gasteiger partial charge on any atom is -0.314 e. The maximum Gasteiger partial charge on any atom is 0.332 e. The Morgan fingerprint density at radius 1 is 1.40 bits per heavy atom. The third-order valence-electron chi connectivity index (χ3n) is 2.39. The first-order valence-electron chi connectivity index (χ1n) is 4.32. The molecule has 80 valence electrons. The average Bonchev–Trinajstić information content (AvgIpc) is 2.58. The first-order valence-corrected chi connectivity index (χ1v) is 5.70. The van der Waals surface area contributed by atoms with Crippen LogP contribution in [0.2, 0.25) is 0 Å². The van der Waals surface area contributed by atoms with Gasteiger partial charge in [0, 0.05) is 12.2 Å². The van der Waals surface area contributed by atoms with Crippen molar-refractivity contribution >= 4 is 22.3 Å². The van der Waals surface area contributed by atoms with Gasteiger partial charge in [-0.25, -0.2) is 0 Å². The summed E-state index contributed by atoms with van der Waals surface area (Å²) in [4.78, 5) is 11.7. The smallest absolute Gasteiger partial charge is 0.314 e. The van der Waals surface area contributed by atoms with Gasteiger partial charge in [0.1, 0.15) is 0 Å². The molecular weight excluding hydrogens is 221 g/mol. The predicted molar refractivity (Wildman–Crippen MR) is 51.8 cm³/mol. The summed E-state index contributed by atoms with van der Waals surface area (Å²) in [5.41, 5.74) is 1.33. The van der Waals surface area contributed by atoms with Crippen LogP contribution in [0.4, 0.5) is 9.57 Å². The summed E-state index contributed by atoms with van der Waals surface area (Å²) >= 11 is 0. The Kier molecular flexibility index (Phi) is 2.22. The number of anilines is 1. The molecule has 1 heterocycles. The zero-order chi connectivity index (χ0) is 11.1. The van der Waals surface area contributed by atoms with E-state index in [2.05, 4.69) is 0 Å². The summed E-state index contributed by atoms with van der Waals surface area (Å²) in [5, 5.41) is 0. The van der Waals surface area contributed by atoms with Crippen molar-refractivity contribution in [2.75, 3.05) is 11.4 Å². The predicted octanol–water partition coefficient (Wildman–Crippen LogP) is 0.864. The van der Waals surface area contributed by atoms with Gasteiger partial charge in [-0.15, -0.1) is 3.89 Å². The van der Waals surface area contributed by atoms with Crippen molar-refractivity contribution < 1.29 is 17.1 Å². The molecule has 0 N–H and O–H groups in total. The highest BCUT2D eigenvalue weighted by Crippen LogP contribution is 2.29. The summed E-state index contributed by atoms with van der Waals surface area (Å²) in [7, 11) is -4.66. The third-order valence-corrected chi connectivity index (χ3v) is 3.21. The van der Waals surface area contributed by atoms with Crippen molar-refractivity contribution in [1.82, 2.24) is 0 Å². The SMILES string of the molecule is O=CN1CCc2cc(S(=O)(=O)F)ccc21. The van der Waals surface area contributed by atoms with Gasteiger partial charge < -0.3 is 4.90 Å². The molecule has 0 aromatic heterocycles. The molecule has 2 rings (SSSR count). The molecule has 1 amide bonds. The lowest BCUT2D eigenvalue weighted by molar-refractivity contribution is -0.107. The molecule has 0 unspecified atom stereocenters. The van der Waals surface area contributed by atoms with Crippen molar-refractivity contribution in [3.63, 3.8) is 0 Å². The van der Waals surface area contributed by atoms with Crippen LogP contribution in [0.15, 0.2) is 23.1 Å². The van der Waals surface area contributed by atoms with Gasteiger partial charge in [0.2, 0.25) is 6.41 Å². The van der Waals surface area contributed by atoms with E-state index in [1.54, 1.807) is 0 Å². The number of carbonyl (C=O) groups is 1. The van der Waals surface area contributed by atoms with Crippen LogP contribution in [0.25, 0.3) is 0 Å². The molecule has 15 heavy (non-hydrogen) atoms. The Labute approximate surface area is 86.5 Å². The standard InChI is InChI=1S/C9H8FNO3S/c10-15(13,14)8-1-2-9-7(5-8)3-4-11(9)6-12/h1-2,5-6H,3-4H2. The minimum atomic E-state index is -4.66. The summed E-state index contributed by atoms with van der Waals surface area (Å²) < 4.78 is 33.9. The maximum atomic E-state index is 12.7. The lowest BCUT2D eigenvalue weighted by Gasteiger charge is -2.09. The molecule has 0 bridgehead atoms. The molecule has 1 aromatic carbocycles. The second-order valence-electron chi connectivity index (χ2n) is 3.28. The topological polar surface area (TPSA) is 54.5 Å². The first-order chi connectivity index (χ1) is 7.02. The molecule has 0 spiro atoms. The number of fused-ring (bicyclic) bond motifs is 1. The maximum absolute atomic E-state index is 12.7. The van der Waals surface area contributed by atoms with Crippen LogP contribution in [0.3, 0.4) is 0 Å². The van der Waals surface area contributed by atoms with E-state index in [4.69, 9.17) is 0 Å². The van der Waals surface area contributed by atoms with Crippen molar-refractivity contribution in [1.29, 1.82) is 0 Å². The van der Waals surface area contributed by atoms with Crippen molar-refractivity contribution in [2.24, 2.45) is 0 Å². The van der Waals surface area contributed by atoms with Gasteiger partial charge in [0.15, 0.2) is 0 Å². The molecule has 0 radical (unpaired) electrons. The van der Waals surface area contributed by atoms with Crippen molar-refractivity contribution in [2.45, 2.75) is 11.3 Å². The van der Waals surface area contributed by atoms with Gasteiger partial charge in [0.25, 0.3) is 0 Å². The molecule has 0 atom stereocenters. The number of carbonyl (C=O) groups excluding carboxylic acids is 1. The van der Waals surface area contributed by atoms with E-state index >= 15 is 0 Å². The summed E-state index contributed by atoms with van der Waals surface area (Å²) in [6.07, 6.45) is 1.23. The quantitative estimate of drug-likeness (QED) is 0.558. The second kappa shape index (κ2) is 3.30. The highest BCUT2D eigenvalue weighted by atomic mass is 32.3. The second-order valence-corrected chi connectivity index (χ2v) is 4.62. The van der Waals surface area contributed by atoms with Crippen LogP contribution in [-0.4, -0.2) is 21.4 Å². The fourth-order valence-corrected chi connectivity index (χ4v) is 2.18. The summed E-state index contributed by atoms with van der Waals surface area (Å²) in [6.45, 7) is 0.509. The summed E-state index contributed by atoms with van der Waals surface area (Å²) in [6, 6.07) is 3.88. The van der Waals surface area contributed by atoms with E-state index < -0.39 is 10.2 Å². The van der Waals surface area contributed by atoms with E-state index in [9.17, 15) is 17.1 Å². The average molecular weight is 229 g/mol. The molecular formula is C9H8FNO3S. The Balaban J connectivity index is 2.51. The zero-order valence-electron chi connectivity index (χ0n) is 7.68. The van der Waals surface area contributed by atoms with Gasteiger partial charge in [-0.2, -0.15) is 8.42 Å². The lowest BCUT2D eigenvalue weighted by Crippen LogP contribution is -2.17. The molecule has 4 nitrogen and oxygen atoms in total. The monoisotopic (exact) mass is 229 g/mol. The van der Waals surface area contributed by atoms with E-state index in [1.165, 1.54) is 17.0 Å².